The number of fused-ring (bicyclic) bond motifs is 1. The van der Waals surface area contributed by atoms with E-state index >= 15 is 0 Å². The molecule has 1 unspecified atom stereocenters. The third-order valence-corrected chi connectivity index (χ3v) is 3.27. The van der Waals surface area contributed by atoms with Crippen molar-refractivity contribution < 1.29 is 4.79 Å². The number of nitrogens with zero attached hydrogens (tertiary/aromatic N) is 3. The molecule has 1 aromatic heterocycles. The Morgan fingerprint density at radius 1 is 1.42 bits per heavy atom. The van der Waals surface area contributed by atoms with Crippen molar-refractivity contribution in [3.05, 3.63) is 43.0 Å². The van der Waals surface area contributed by atoms with Crippen molar-refractivity contribution in [1.82, 2.24) is 9.55 Å². The molecule has 5 nitrogen and oxygen atoms in total. The minimum absolute atomic E-state index is 0.00528. The SMILES string of the molecule is O=C(Cl)CN1c2ccccc2NC1Cn1ccnc1. The van der Waals surface area contributed by atoms with E-state index in [-0.39, 0.29) is 18.0 Å². The summed E-state index contributed by atoms with van der Waals surface area (Å²) in [4.78, 5) is 17.2. The van der Waals surface area contributed by atoms with Crippen LogP contribution in [0.15, 0.2) is 43.0 Å². The van der Waals surface area contributed by atoms with Gasteiger partial charge in [-0.05, 0) is 23.7 Å². The standard InChI is InChI=1S/C13H13ClN4O/c14-12(19)7-18-11-4-2-1-3-10(11)16-13(18)8-17-6-5-15-9-17/h1-6,9,13,16H,7-8H2. The minimum Gasteiger partial charge on any atom is -0.362 e. The van der Waals surface area contributed by atoms with Gasteiger partial charge in [0.15, 0.2) is 0 Å². The first-order chi connectivity index (χ1) is 9.24. The third-order valence-electron chi connectivity index (χ3n) is 3.15. The Morgan fingerprint density at radius 3 is 3.00 bits per heavy atom. The summed E-state index contributed by atoms with van der Waals surface area (Å²) in [5.74, 6) is 0. The molecule has 1 N–H and O–H groups in total. The molecule has 0 spiro atoms. The first-order valence-electron chi connectivity index (χ1n) is 6.00. The van der Waals surface area contributed by atoms with Crippen LogP contribution in [0.3, 0.4) is 0 Å². The number of aromatic nitrogens is 2. The Bertz CT molecular complexity index is 582. The van der Waals surface area contributed by atoms with Crippen LogP contribution >= 0.6 is 11.6 Å². The average molecular weight is 277 g/mol. The lowest BCUT2D eigenvalue weighted by Crippen LogP contribution is -2.41. The second-order valence-electron chi connectivity index (χ2n) is 4.42. The van der Waals surface area contributed by atoms with E-state index in [9.17, 15) is 4.79 Å². The zero-order valence-corrected chi connectivity index (χ0v) is 10.9. The highest BCUT2D eigenvalue weighted by Gasteiger charge is 2.29. The van der Waals surface area contributed by atoms with Crippen LogP contribution in [0.1, 0.15) is 0 Å². The summed E-state index contributed by atoms with van der Waals surface area (Å²) in [7, 11) is 0. The van der Waals surface area contributed by atoms with Crippen LogP contribution in [0.25, 0.3) is 0 Å². The number of hydrogen-bond donors (Lipinski definition) is 1. The van der Waals surface area contributed by atoms with Gasteiger partial charge >= 0.3 is 0 Å². The van der Waals surface area contributed by atoms with Crippen molar-refractivity contribution in [2.75, 3.05) is 16.8 Å². The van der Waals surface area contributed by atoms with Gasteiger partial charge in [-0.1, -0.05) is 12.1 Å². The van der Waals surface area contributed by atoms with Gasteiger partial charge in [0.2, 0.25) is 5.24 Å². The Balaban J connectivity index is 1.86. The summed E-state index contributed by atoms with van der Waals surface area (Å²) in [6.07, 6.45) is 5.38. The van der Waals surface area contributed by atoms with E-state index in [4.69, 9.17) is 11.6 Å². The number of hydrogen-bond acceptors (Lipinski definition) is 4. The van der Waals surface area contributed by atoms with E-state index in [0.717, 1.165) is 11.4 Å². The van der Waals surface area contributed by atoms with Gasteiger partial charge in [0, 0.05) is 12.4 Å². The molecule has 2 aromatic rings. The second-order valence-corrected chi connectivity index (χ2v) is 4.84. The molecular formula is C13H13ClN4O. The molecule has 19 heavy (non-hydrogen) atoms. The van der Waals surface area contributed by atoms with Gasteiger partial charge in [-0.25, -0.2) is 4.98 Å². The lowest BCUT2D eigenvalue weighted by atomic mass is 10.2. The number of halogens is 1. The summed E-state index contributed by atoms with van der Waals surface area (Å²) < 4.78 is 1.97. The maximum atomic E-state index is 11.2. The van der Waals surface area contributed by atoms with Crippen LogP contribution in [0.5, 0.6) is 0 Å². The molecule has 0 saturated heterocycles. The third kappa shape index (κ3) is 2.42. The molecule has 0 saturated carbocycles. The summed E-state index contributed by atoms with van der Waals surface area (Å²) >= 11 is 5.54. The molecule has 0 bridgehead atoms. The summed E-state index contributed by atoms with van der Waals surface area (Å²) in [5.41, 5.74) is 2.02. The fourth-order valence-electron chi connectivity index (χ4n) is 2.34. The molecule has 6 heteroatoms. The van der Waals surface area contributed by atoms with Crippen molar-refractivity contribution in [3.63, 3.8) is 0 Å². The molecule has 0 amide bonds. The van der Waals surface area contributed by atoms with Crippen LogP contribution in [0, 0.1) is 0 Å². The molecule has 98 valence electrons. The maximum absolute atomic E-state index is 11.2. The molecule has 1 aliphatic rings. The number of para-hydroxylation sites is 2. The molecule has 0 fully saturated rings. The van der Waals surface area contributed by atoms with Crippen LogP contribution in [-0.4, -0.2) is 27.5 Å². The van der Waals surface area contributed by atoms with Crippen LogP contribution in [0.4, 0.5) is 11.4 Å². The number of imidazole rings is 1. The highest BCUT2D eigenvalue weighted by atomic mass is 35.5. The fraction of sp³-hybridized carbons (Fsp3) is 0.231. The molecular weight excluding hydrogens is 264 g/mol. The number of benzene rings is 1. The Labute approximate surface area is 115 Å². The molecule has 0 radical (unpaired) electrons. The van der Waals surface area contributed by atoms with Gasteiger partial charge in [0.1, 0.15) is 6.17 Å². The predicted octanol–water partition coefficient (Wildman–Crippen LogP) is 1.91. The highest BCUT2D eigenvalue weighted by molar-refractivity contribution is 6.64. The monoisotopic (exact) mass is 276 g/mol. The van der Waals surface area contributed by atoms with E-state index in [2.05, 4.69) is 10.3 Å². The van der Waals surface area contributed by atoms with Gasteiger partial charge in [0.05, 0.1) is 30.8 Å². The number of rotatable bonds is 4. The zero-order chi connectivity index (χ0) is 13.2. The number of anilines is 2. The smallest absolute Gasteiger partial charge is 0.241 e. The minimum atomic E-state index is -0.367. The summed E-state index contributed by atoms with van der Waals surface area (Å²) in [6.45, 7) is 0.879. The largest absolute Gasteiger partial charge is 0.362 e. The normalized spacial score (nSPS) is 17.1. The maximum Gasteiger partial charge on any atom is 0.241 e. The molecule has 1 aliphatic heterocycles. The predicted molar refractivity (Wildman–Crippen MR) is 74.3 cm³/mol. The van der Waals surface area contributed by atoms with Gasteiger partial charge in [-0.3, -0.25) is 4.79 Å². The van der Waals surface area contributed by atoms with Crippen LogP contribution in [0.2, 0.25) is 0 Å². The average Bonchev–Trinajstić information content (AvgIpc) is 2.99. The topological polar surface area (TPSA) is 50.2 Å². The second kappa shape index (κ2) is 4.93. The first-order valence-corrected chi connectivity index (χ1v) is 6.38. The summed E-state index contributed by atoms with van der Waals surface area (Å²) in [5, 5.41) is 3.03. The number of carbonyl (C=O) groups excluding carboxylic acids is 1. The van der Waals surface area contributed by atoms with E-state index in [1.807, 2.05) is 39.9 Å². The molecule has 1 atom stereocenters. The number of nitrogens with one attached hydrogen (secondary N) is 1. The molecule has 1 aromatic carbocycles. The van der Waals surface area contributed by atoms with Crippen LogP contribution in [-0.2, 0) is 11.3 Å². The van der Waals surface area contributed by atoms with Crippen LogP contribution < -0.4 is 10.2 Å². The molecule has 0 aliphatic carbocycles. The van der Waals surface area contributed by atoms with Crippen molar-refractivity contribution in [1.29, 1.82) is 0 Å². The lowest BCUT2D eigenvalue weighted by Gasteiger charge is -2.25. The lowest BCUT2D eigenvalue weighted by molar-refractivity contribution is -0.110. The van der Waals surface area contributed by atoms with Gasteiger partial charge < -0.3 is 14.8 Å². The quantitative estimate of drug-likeness (QED) is 0.867. The van der Waals surface area contributed by atoms with E-state index in [1.54, 1.807) is 12.5 Å². The summed E-state index contributed by atoms with van der Waals surface area (Å²) in [6, 6.07) is 7.89. The van der Waals surface area contributed by atoms with E-state index < -0.39 is 0 Å². The van der Waals surface area contributed by atoms with Gasteiger partial charge in [0.25, 0.3) is 0 Å². The van der Waals surface area contributed by atoms with Gasteiger partial charge in [-0.2, -0.15) is 0 Å². The van der Waals surface area contributed by atoms with Crippen molar-refractivity contribution >= 4 is 28.2 Å². The Kier molecular flexibility index (Phi) is 3.13. The van der Waals surface area contributed by atoms with Crippen molar-refractivity contribution in [2.24, 2.45) is 0 Å². The molecule has 3 rings (SSSR count). The van der Waals surface area contributed by atoms with Crippen molar-refractivity contribution in [2.45, 2.75) is 12.7 Å². The van der Waals surface area contributed by atoms with E-state index in [0.29, 0.717) is 6.54 Å². The Morgan fingerprint density at radius 2 is 2.26 bits per heavy atom. The Hall–Kier alpha value is -2.01. The fourth-order valence-corrected chi connectivity index (χ4v) is 2.47. The van der Waals surface area contributed by atoms with Crippen molar-refractivity contribution in [3.8, 4) is 0 Å². The number of carbonyl (C=O) groups is 1. The molecule has 2 heterocycles. The highest BCUT2D eigenvalue weighted by Crippen LogP contribution is 2.34. The van der Waals surface area contributed by atoms with E-state index in [1.165, 1.54) is 0 Å². The van der Waals surface area contributed by atoms with Gasteiger partial charge in [-0.15, -0.1) is 0 Å². The zero-order valence-electron chi connectivity index (χ0n) is 10.2. The first kappa shape index (κ1) is 12.0.